The van der Waals surface area contributed by atoms with Gasteiger partial charge in [0.2, 0.25) is 5.91 Å². The van der Waals surface area contributed by atoms with E-state index in [0.717, 1.165) is 25.2 Å². The average Bonchev–Trinajstić information content (AvgIpc) is 2.83. The number of amides is 1. The van der Waals surface area contributed by atoms with Crippen LogP contribution < -0.4 is 11.1 Å². The number of hydrogen-bond donors (Lipinski definition) is 2. The van der Waals surface area contributed by atoms with E-state index in [0.29, 0.717) is 25.6 Å². The predicted molar refractivity (Wildman–Crippen MR) is 83.0 cm³/mol. The van der Waals surface area contributed by atoms with Crippen molar-refractivity contribution in [1.82, 2.24) is 25.2 Å². The summed E-state index contributed by atoms with van der Waals surface area (Å²) in [5.41, 5.74) is 6.36. The Morgan fingerprint density at radius 3 is 3.00 bits per heavy atom. The lowest BCUT2D eigenvalue weighted by Crippen LogP contribution is -2.46. The third-order valence-electron chi connectivity index (χ3n) is 3.67. The molecule has 0 aliphatic carbocycles. The summed E-state index contributed by atoms with van der Waals surface area (Å²) in [6.45, 7) is 2.94. The zero-order valence-electron chi connectivity index (χ0n) is 12.5. The summed E-state index contributed by atoms with van der Waals surface area (Å²) < 4.78 is 1.72. The maximum Gasteiger partial charge on any atom is 0.221 e. The van der Waals surface area contributed by atoms with Crippen LogP contribution in [0.1, 0.15) is 31.4 Å². The third-order valence-corrected chi connectivity index (χ3v) is 3.67. The van der Waals surface area contributed by atoms with Crippen LogP contribution in [0.5, 0.6) is 0 Å². The van der Waals surface area contributed by atoms with Crippen molar-refractivity contribution in [3.05, 3.63) is 11.9 Å². The van der Waals surface area contributed by atoms with Crippen molar-refractivity contribution in [2.24, 2.45) is 12.8 Å². The third kappa shape index (κ3) is 5.61. The molecule has 2 rings (SSSR count). The Hall–Kier alpha value is -1.18. The topological polar surface area (TPSA) is 89.1 Å². The minimum Gasteiger partial charge on any atom is -0.354 e. The van der Waals surface area contributed by atoms with Gasteiger partial charge in [-0.3, -0.25) is 14.4 Å². The molecule has 2 heterocycles. The first-order chi connectivity index (χ1) is 9.69. The van der Waals surface area contributed by atoms with Gasteiger partial charge in [-0.15, -0.1) is 17.5 Å². The van der Waals surface area contributed by atoms with Crippen LogP contribution in [0.3, 0.4) is 0 Å². The van der Waals surface area contributed by atoms with Crippen LogP contribution in [-0.4, -0.2) is 51.5 Å². The van der Waals surface area contributed by atoms with Gasteiger partial charge in [0.1, 0.15) is 0 Å². The van der Waals surface area contributed by atoms with Crippen molar-refractivity contribution < 1.29 is 4.79 Å². The molecule has 1 aromatic rings. The molecule has 1 aromatic heterocycles. The summed E-state index contributed by atoms with van der Waals surface area (Å²) in [5.74, 6) is 0.0394. The molecule has 0 saturated carbocycles. The summed E-state index contributed by atoms with van der Waals surface area (Å²) in [4.78, 5) is 13.9. The molecule has 1 fully saturated rings. The number of rotatable bonds is 6. The van der Waals surface area contributed by atoms with Crippen molar-refractivity contribution in [3.8, 4) is 0 Å². The van der Waals surface area contributed by atoms with Crippen molar-refractivity contribution in [2.75, 3.05) is 19.6 Å². The fourth-order valence-electron chi connectivity index (χ4n) is 2.63. The molecule has 1 aliphatic heterocycles. The number of nitrogens with one attached hydrogen (secondary N) is 1. The molecular weight excluding hydrogens is 292 g/mol. The predicted octanol–water partition coefficient (Wildman–Crippen LogP) is 0.0564. The molecule has 1 aliphatic rings. The van der Waals surface area contributed by atoms with Gasteiger partial charge in [-0.2, -0.15) is 0 Å². The number of likely N-dealkylation sites (tertiary alicyclic amines) is 1. The fourth-order valence-corrected chi connectivity index (χ4v) is 2.63. The van der Waals surface area contributed by atoms with Crippen molar-refractivity contribution in [3.63, 3.8) is 0 Å². The second-order valence-corrected chi connectivity index (χ2v) is 5.35. The van der Waals surface area contributed by atoms with E-state index in [1.54, 1.807) is 4.68 Å². The van der Waals surface area contributed by atoms with Crippen LogP contribution in [0, 0.1) is 0 Å². The fraction of sp³-hybridized carbons (Fsp3) is 0.769. The summed E-state index contributed by atoms with van der Waals surface area (Å²) in [7, 11) is 1.87. The number of aromatic nitrogens is 3. The molecule has 7 nitrogen and oxygen atoms in total. The lowest BCUT2D eigenvalue weighted by molar-refractivity contribution is -0.121. The molecule has 0 radical (unpaired) electrons. The number of halogens is 1. The lowest BCUT2D eigenvalue weighted by atomic mass is 10.0. The van der Waals surface area contributed by atoms with Gasteiger partial charge in [-0.05, 0) is 19.4 Å². The number of aryl methyl sites for hydroxylation is 1. The highest BCUT2D eigenvalue weighted by molar-refractivity contribution is 5.85. The van der Waals surface area contributed by atoms with E-state index in [1.807, 2.05) is 13.2 Å². The molecular formula is C13H25ClN6O. The first kappa shape index (κ1) is 17.9. The second kappa shape index (κ2) is 8.96. The van der Waals surface area contributed by atoms with Gasteiger partial charge in [-0.1, -0.05) is 11.6 Å². The molecule has 0 bridgehead atoms. The Labute approximate surface area is 131 Å². The van der Waals surface area contributed by atoms with E-state index < -0.39 is 0 Å². The molecule has 0 spiro atoms. The van der Waals surface area contributed by atoms with Crippen LogP contribution in [0.15, 0.2) is 6.20 Å². The zero-order chi connectivity index (χ0) is 14.4. The largest absolute Gasteiger partial charge is 0.354 e. The van der Waals surface area contributed by atoms with Gasteiger partial charge >= 0.3 is 0 Å². The highest BCUT2D eigenvalue weighted by Gasteiger charge is 2.23. The van der Waals surface area contributed by atoms with Gasteiger partial charge in [-0.25, -0.2) is 0 Å². The van der Waals surface area contributed by atoms with E-state index in [2.05, 4.69) is 20.5 Å². The van der Waals surface area contributed by atoms with Gasteiger partial charge < -0.3 is 11.1 Å². The smallest absolute Gasteiger partial charge is 0.221 e. The monoisotopic (exact) mass is 316 g/mol. The Bertz CT molecular complexity index is 438. The SMILES string of the molecule is Cl.Cn1cc(CN2CCCCC2CNC(=O)CCN)nn1. The van der Waals surface area contributed by atoms with Crippen LogP contribution in [0.4, 0.5) is 0 Å². The van der Waals surface area contributed by atoms with Crippen molar-refractivity contribution in [2.45, 2.75) is 38.3 Å². The van der Waals surface area contributed by atoms with Crippen LogP contribution in [0.2, 0.25) is 0 Å². The maximum absolute atomic E-state index is 11.5. The summed E-state index contributed by atoms with van der Waals surface area (Å²) in [6, 6.07) is 0.382. The molecule has 1 atom stereocenters. The Morgan fingerprint density at radius 1 is 1.52 bits per heavy atom. The van der Waals surface area contributed by atoms with E-state index in [-0.39, 0.29) is 18.3 Å². The molecule has 1 saturated heterocycles. The summed E-state index contributed by atoms with van der Waals surface area (Å²) >= 11 is 0. The van der Waals surface area contributed by atoms with Crippen LogP contribution >= 0.6 is 12.4 Å². The minimum atomic E-state index is 0. The standard InChI is InChI=1S/C13H24N6O.ClH/c1-18-9-11(16-17-18)10-19-7-3-2-4-12(19)8-15-13(20)5-6-14;/h9,12H,2-8,10,14H2,1H3,(H,15,20);1H. The van der Waals surface area contributed by atoms with Crippen LogP contribution in [0.25, 0.3) is 0 Å². The number of piperidine rings is 1. The van der Waals surface area contributed by atoms with Gasteiger partial charge in [0.05, 0.1) is 5.69 Å². The number of nitrogens with two attached hydrogens (primary N) is 1. The van der Waals surface area contributed by atoms with E-state index in [4.69, 9.17) is 5.73 Å². The molecule has 21 heavy (non-hydrogen) atoms. The average molecular weight is 317 g/mol. The maximum atomic E-state index is 11.5. The molecule has 0 aromatic carbocycles. The van der Waals surface area contributed by atoms with Gasteiger partial charge in [0, 0.05) is 45.3 Å². The molecule has 1 unspecified atom stereocenters. The minimum absolute atomic E-state index is 0. The van der Waals surface area contributed by atoms with Gasteiger partial charge in [0.25, 0.3) is 0 Å². The Balaban J connectivity index is 0.00000220. The number of carbonyl (C=O) groups is 1. The first-order valence-electron chi connectivity index (χ1n) is 7.25. The molecule has 1 amide bonds. The zero-order valence-corrected chi connectivity index (χ0v) is 13.3. The van der Waals surface area contributed by atoms with Crippen molar-refractivity contribution >= 4 is 18.3 Å². The molecule has 120 valence electrons. The quantitative estimate of drug-likeness (QED) is 0.774. The Kier molecular flexibility index (Phi) is 7.63. The lowest BCUT2D eigenvalue weighted by Gasteiger charge is -2.35. The summed E-state index contributed by atoms with van der Waals surface area (Å²) in [6.07, 6.45) is 5.88. The van der Waals surface area contributed by atoms with E-state index in [9.17, 15) is 4.79 Å². The number of nitrogens with zero attached hydrogens (tertiary/aromatic N) is 4. The first-order valence-corrected chi connectivity index (χ1v) is 7.25. The molecule has 8 heteroatoms. The van der Waals surface area contributed by atoms with Crippen molar-refractivity contribution in [1.29, 1.82) is 0 Å². The second-order valence-electron chi connectivity index (χ2n) is 5.35. The number of carbonyl (C=O) groups excluding carboxylic acids is 1. The van der Waals surface area contributed by atoms with Crippen LogP contribution in [-0.2, 0) is 18.4 Å². The Morgan fingerprint density at radius 2 is 2.33 bits per heavy atom. The summed E-state index contributed by atoms with van der Waals surface area (Å²) in [5, 5.41) is 11.1. The highest BCUT2D eigenvalue weighted by atomic mass is 35.5. The van der Waals surface area contributed by atoms with E-state index >= 15 is 0 Å². The normalized spacial score (nSPS) is 19.0. The molecule has 3 N–H and O–H groups in total. The highest BCUT2D eigenvalue weighted by Crippen LogP contribution is 2.18. The number of hydrogen-bond acceptors (Lipinski definition) is 5. The van der Waals surface area contributed by atoms with E-state index in [1.165, 1.54) is 12.8 Å². The van der Waals surface area contributed by atoms with Gasteiger partial charge in [0.15, 0.2) is 0 Å².